The highest BCUT2D eigenvalue weighted by Gasteiger charge is 2.36. The highest BCUT2D eigenvalue weighted by atomic mass is 127. The molecule has 2 N–H and O–H groups in total. The van der Waals surface area contributed by atoms with Crippen molar-refractivity contribution in [3.05, 3.63) is 114 Å². The molecule has 0 aliphatic carbocycles. The van der Waals surface area contributed by atoms with Crippen LogP contribution in [-0.2, 0) is 0 Å². The molecular weight excluding hydrogens is 599 g/mol. The van der Waals surface area contributed by atoms with Crippen LogP contribution in [0.5, 0.6) is 0 Å². The molecule has 2 heterocycles. The van der Waals surface area contributed by atoms with E-state index in [1.807, 2.05) is 6.07 Å². The van der Waals surface area contributed by atoms with Crippen LogP contribution >= 0.6 is 34.2 Å². The molecule has 1 aromatic heterocycles. The molecule has 2 amide bonds. The maximum absolute atomic E-state index is 13.5. The highest BCUT2D eigenvalue weighted by molar-refractivity contribution is 14.1. The summed E-state index contributed by atoms with van der Waals surface area (Å²) in [5.41, 5.74) is 4.59. The van der Waals surface area contributed by atoms with E-state index in [1.165, 1.54) is 17.1 Å². The van der Waals surface area contributed by atoms with Crippen molar-refractivity contribution in [3.8, 4) is 11.3 Å². The second-order valence-corrected chi connectivity index (χ2v) is 9.55. The number of non-ortho nitro benzene ring substituents is 1. The molecule has 9 nitrogen and oxygen atoms in total. The first-order valence-corrected chi connectivity index (χ1v) is 12.1. The number of nitrogens with zero attached hydrogens (tertiary/aromatic N) is 2. The molecule has 3 aromatic carbocycles. The minimum atomic E-state index is -0.854. The van der Waals surface area contributed by atoms with Crippen molar-refractivity contribution in [2.45, 2.75) is 6.17 Å². The van der Waals surface area contributed by atoms with Crippen LogP contribution in [-0.4, -0.2) is 21.7 Å². The maximum Gasteiger partial charge on any atom is 0.276 e. The lowest BCUT2D eigenvalue weighted by molar-refractivity contribution is -0.384. The van der Waals surface area contributed by atoms with Crippen LogP contribution < -0.4 is 10.7 Å². The molecule has 1 aliphatic heterocycles. The largest absolute Gasteiger partial charge is 0.457 e. The van der Waals surface area contributed by atoms with Gasteiger partial charge < -0.3 is 9.73 Å². The number of amides is 2. The van der Waals surface area contributed by atoms with E-state index in [-0.39, 0.29) is 5.69 Å². The van der Waals surface area contributed by atoms with Crippen molar-refractivity contribution in [2.24, 2.45) is 0 Å². The van der Waals surface area contributed by atoms with Gasteiger partial charge in [0.1, 0.15) is 11.5 Å². The standard InChI is InChI=1S/C25H16ClIN4O5/c26-16-5-1-15(2-6-16)24(32)29-30-23(28-20-10-7-17(27)13-19(20)25(30)33)22-12-11-21(36-22)14-3-8-18(9-4-14)31(34)35/h1-13,23,28H,(H,29,32)/t23-/m1/s1. The number of fused-ring (bicyclic) bond motifs is 1. The van der Waals surface area contributed by atoms with Crippen LogP contribution in [0.3, 0.4) is 0 Å². The first-order valence-electron chi connectivity index (χ1n) is 10.6. The first-order chi connectivity index (χ1) is 17.3. The summed E-state index contributed by atoms with van der Waals surface area (Å²) in [6, 6.07) is 21.0. The number of hydrogen-bond donors (Lipinski definition) is 2. The number of carbonyl (C=O) groups excluding carboxylic acids is 2. The lowest BCUT2D eigenvalue weighted by atomic mass is 10.1. The van der Waals surface area contributed by atoms with Crippen LogP contribution in [0.15, 0.2) is 83.3 Å². The molecule has 0 saturated heterocycles. The van der Waals surface area contributed by atoms with Gasteiger partial charge in [0.15, 0.2) is 6.17 Å². The summed E-state index contributed by atoms with van der Waals surface area (Å²) in [6.45, 7) is 0. The second-order valence-electron chi connectivity index (χ2n) is 7.87. The number of anilines is 1. The Morgan fingerprint density at radius 2 is 1.78 bits per heavy atom. The Hall–Kier alpha value is -3.90. The topological polar surface area (TPSA) is 118 Å². The van der Waals surface area contributed by atoms with Crippen molar-refractivity contribution in [3.63, 3.8) is 0 Å². The third-order valence-corrected chi connectivity index (χ3v) is 6.49. The predicted octanol–water partition coefficient (Wildman–Crippen LogP) is 6.02. The van der Waals surface area contributed by atoms with Gasteiger partial charge in [0.25, 0.3) is 17.5 Å². The number of furan rings is 1. The Bertz CT molecular complexity index is 1490. The lowest BCUT2D eigenvalue weighted by Crippen LogP contribution is -2.52. The molecule has 4 aromatic rings. The number of carbonyl (C=O) groups is 2. The van der Waals surface area contributed by atoms with Gasteiger partial charge in [-0.1, -0.05) is 11.6 Å². The van der Waals surface area contributed by atoms with Crippen LogP contribution in [0.2, 0.25) is 5.02 Å². The number of hydrogen-bond acceptors (Lipinski definition) is 6. The quantitative estimate of drug-likeness (QED) is 0.161. The molecule has 1 aliphatic rings. The normalized spacial score (nSPS) is 14.7. The summed E-state index contributed by atoms with van der Waals surface area (Å²) in [7, 11) is 0. The van der Waals surface area contributed by atoms with Crippen molar-refractivity contribution in [1.29, 1.82) is 0 Å². The average Bonchev–Trinajstić information content (AvgIpc) is 3.36. The molecule has 5 rings (SSSR count). The van der Waals surface area contributed by atoms with Crippen molar-refractivity contribution < 1.29 is 18.9 Å². The van der Waals surface area contributed by atoms with Gasteiger partial charge in [0.2, 0.25) is 0 Å². The van der Waals surface area contributed by atoms with Crippen molar-refractivity contribution >= 4 is 57.4 Å². The number of halogens is 2. The van der Waals surface area contributed by atoms with E-state index < -0.39 is 22.9 Å². The fraction of sp³-hybridized carbons (Fsp3) is 0.0400. The van der Waals surface area contributed by atoms with Gasteiger partial charge in [-0.15, -0.1) is 0 Å². The third-order valence-electron chi connectivity index (χ3n) is 5.57. The van der Waals surface area contributed by atoms with Gasteiger partial charge in [0, 0.05) is 37.5 Å². The number of nitro benzene ring substituents is 1. The van der Waals surface area contributed by atoms with E-state index in [4.69, 9.17) is 16.0 Å². The molecule has 0 bridgehead atoms. The predicted molar refractivity (Wildman–Crippen MR) is 141 cm³/mol. The average molecular weight is 615 g/mol. The number of rotatable bonds is 5. The summed E-state index contributed by atoms with van der Waals surface area (Å²) in [6.07, 6.45) is -0.854. The smallest absolute Gasteiger partial charge is 0.276 e. The summed E-state index contributed by atoms with van der Waals surface area (Å²) >= 11 is 8.04. The van der Waals surface area contributed by atoms with Crippen LogP contribution in [0, 0.1) is 13.7 Å². The molecule has 11 heteroatoms. The number of benzene rings is 3. The number of nitrogens with one attached hydrogen (secondary N) is 2. The molecule has 36 heavy (non-hydrogen) atoms. The van der Waals surface area contributed by atoms with Gasteiger partial charge >= 0.3 is 0 Å². The third kappa shape index (κ3) is 4.64. The van der Waals surface area contributed by atoms with E-state index in [0.717, 1.165) is 3.57 Å². The fourth-order valence-corrected chi connectivity index (χ4v) is 4.39. The Morgan fingerprint density at radius 3 is 2.47 bits per heavy atom. The van der Waals surface area contributed by atoms with E-state index in [2.05, 4.69) is 33.3 Å². The second kappa shape index (κ2) is 9.63. The Labute approximate surface area is 223 Å². The first kappa shape index (κ1) is 23.8. The number of hydrazine groups is 1. The van der Waals surface area contributed by atoms with Gasteiger partial charge in [0.05, 0.1) is 10.5 Å². The minimum absolute atomic E-state index is 0.0348. The Balaban J connectivity index is 1.49. The minimum Gasteiger partial charge on any atom is -0.457 e. The van der Waals surface area contributed by atoms with Crippen molar-refractivity contribution in [1.82, 2.24) is 10.4 Å². The zero-order valence-electron chi connectivity index (χ0n) is 18.3. The Morgan fingerprint density at radius 1 is 1.06 bits per heavy atom. The van der Waals surface area contributed by atoms with E-state index >= 15 is 0 Å². The highest BCUT2D eigenvalue weighted by Crippen LogP contribution is 2.35. The summed E-state index contributed by atoms with van der Waals surface area (Å²) in [5.74, 6) is -0.102. The molecule has 0 radical (unpaired) electrons. The van der Waals surface area contributed by atoms with Gasteiger partial charge in [-0.3, -0.25) is 25.1 Å². The molecule has 0 unspecified atom stereocenters. The van der Waals surface area contributed by atoms with Crippen LogP contribution in [0.1, 0.15) is 32.6 Å². The SMILES string of the molecule is O=C(NN1C(=O)c2cc(I)ccc2N[C@H]1c1ccc(-c2ccc([N+](=O)[O-])cc2)o1)c1ccc(Cl)cc1. The summed E-state index contributed by atoms with van der Waals surface area (Å²) in [5, 5.41) is 15.9. The molecule has 0 saturated carbocycles. The van der Waals surface area contributed by atoms with Crippen LogP contribution in [0.4, 0.5) is 11.4 Å². The fourth-order valence-electron chi connectivity index (χ4n) is 3.77. The molecule has 0 spiro atoms. The summed E-state index contributed by atoms with van der Waals surface area (Å²) in [4.78, 5) is 36.9. The summed E-state index contributed by atoms with van der Waals surface area (Å²) < 4.78 is 6.90. The van der Waals surface area contributed by atoms with Gasteiger partial charge in [-0.2, -0.15) is 0 Å². The van der Waals surface area contributed by atoms with E-state index in [1.54, 1.807) is 60.7 Å². The molecular formula is C25H16ClIN4O5. The van der Waals surface area contributed by atoms with Crippen molar-refractivity contribution in [2.75, 3.05) is 5.32 Å². The van der Waals surface area contributed by atoms with Gasteiger partial charge in [-0.25, -0.2) is 5.01 Å². The lowest BCUT2D eigenvalue weighted by Gasteiger charge is -2.36. The van der Waals surface area contributed by atoms with E-state index in [0.29, 0.717) is 38.9 Å². The molecule has 180 valence electrons. The monoisotopic (exact) mass is 614 g/mol. The molecule has 0 fully saturated rings. The zero-order valence-corrected chi connectivity index (χ0v) is 21.2. The zero-order chi connectivity index (χ0) is 25.4. The van der Waals surface area contributed by atoms with E-state index in [9.17, 15) is 19.7 Å². The van der Waals surface area contributed by atoms with Crippen LogP contribution in [0.25, 0.3) is 11.3 Å². The number of nitro groups is 1. The molecule has 1 atom stereocenters. The van der Waals surface area contributed by atoms with Gasteiger partial charge in [-0.05, 0) is 89.3 Å². The maximum atomic E-state index is 13.5. The Kier molecular flexibility index (Phi) is 6.37.